The molecule has 4 aromatic carbocycles. The summed E-state index contributed by atoms with van der Waals surface area (Å²) in [5.41, 5.74) is 6.16. The smallest absolute Gasteiger partial charge is 0.268 e. The molecule has 3 N–H and O–H groups in total. The molecular weight excluding hydrogens is 810 g/mol. The minimum absolute atomic E-state index is 0.0486. The zero-order chi connectivity index (χ0) is 42.9. The Balaban J connectivity index is 0.981. The molecule has 1 aliphatic heterocycles. The van der Waals surface area contributed by atoms with E-state index >= 15 is 0 Å². The van der Waals surface area contributed by atoms with Crippen LogP contribution in [0.15, 0.2) is 95.5 Å². The van der Waals surface area contributed by atoms with Crippen molar-refractivity contribution in [2.24, 2.45) is 11.3 Å². The van der Waals surface area contributed by atoms with Crippen LogP contribution < -0.4 is 19.1 Å². The number of rotatable bonds is 12. The number of hydrogen-bond donors (Lipinski definition) is 3. The predicted molar refractivity (Wildman–Crippen MR) is 241 cm³/mol. The summed E-state index contributed by atoms with van der Waals surface area (Å²) in [7, 11) is -4.27. The number of anilines is 1. The Morgan fingerprint density at radius 1 is 0.934 bits per heavy atom. The third kappa shape index (κ3) is 10.1. The second kappa shape index (κ2) is 17.5. The molecule has 61 heavy (non-hydrogen) atoms. The summed E-state index contributed by atoms with van der Waals surface area (Å²) in [6.07, 6.45) is 8.13. The number of halogens is 1. The minimum Gasteiger partial charge on any atom is -0.493 e. The van der Waals surface area contributed by atoms with Gasteiger partial charge in [-0.2, -0.15) is 5.10 Å². The Bertz CT molecular complexity index is 2530. The van der Waals surface area contributed by atoms with E-state index in [0.29, 0.717) is 29.6 Å². The molecule has 3 aliphatic rings. The van der Waals surface area contributed by atoms with Crippen LogP contribution in [0.4, 0.5) is 5.69 Å². The third-order valence-corrected chi connectivity index (χ3v) is 14.3. The predicted octanol–water partition coefficient (Wildman–Crippen LogP) is 9.54. The van der Waals surface area contributed by atoms with Gasteiger partial charge in [0, 0.05) is 49.5 Å². The Kier molecular flexibility index (Phi) is 12.3. The maximum absolute atomic E-state index is 14.0. The number of nitrogens with one attached hydrogen (secondary N) is 2. The van der Waals surface area contributed by atoms with E-state index in [0.717, 1.165) is 99.3 Å². The highest BCUT2D eigenvalue weighted by atomic mass is 35.5. The molecule has 1 saturated carbocycles. The van der Waals surface area contributed by atoms with Crippen molar-refractivity contribution >= 4 is 49.7 Å². The van der Waals surface area contributed by atoms with E-state index in [1.807, 2.05) is 43.3 Å². The lowest BCUT2D eigenvalue weighted by Crippen LogP contribution is -2.47. The van der Waals surface area contributed by atoms with Crippen molar-refractivity contribution < 1.29 is 27.8 Å². The van der Waals surface area contributed by atoms with Crippen molar-refractivity contribution in [2.75, 3.05) is 44.2 Å². The topological polar surface area (TPSA) is 137 Å². The number of piperazine rings is 1. The largest absolute Gasteiger partial charge is 0.493 e. The van der Waals surface area contributed by atoms with Crippen molar-refractivity contribution in [3.8, 4) is 17.2 Å². The van der Waals surface area contributed by atoms with Gasteiger partial charge in [0.1, 0.15) is 17.2 Å². The molecule has 8 rings (SSSR count). The summed E-state index contributed by atoms with van der Waals surface area (Å²) >= 11 is 6.25. The minimum atomic E-state index is -4.27. The van der Waals surface area contributed by atoms with Crippen LogP contribution in [-0.2, 0) is 10.0 Å². The zero-order valence-corrected chi connectivity index (χ0v) is 37.0. The molecule has 0 unspecified atom stereocenters. The maximum Gasteiger partial charge on any atom is 0.268 e. The molecule has 0 spiro atoms. The van der Waals surface area contributed by atoms with Gasteiger partial charge in [-0.3, -0.25) is 14.8 Å². The van der Waals surface area contributed by atoms with Crippen LogP contribution in [0.3, 0.4) is 0 Å². The van der Waals surface area contributed by atoms with Crippen LogP contribution in [0.2, 0.25) is 5.02 Å². The fraction of sp³-hybridized carbons (Fsp3) is 0.417. The van der Waals surface area contributed by atoms with Gasteiger partial charge >= 0.3 is 0 Å². The van der Waals surface area contributed by atoms with Crippen molar-refractivity contribution in [1.82, 2.24) is 19.8 Å². The van der Waals surface area contributed by atoms with Gasteiger partial charge in [0.15, 0.2) is 0 Å². The highest BCUT2D eigenvalue weighted by Crippen LogP contribution is 2.44. The Morgan fingerprint density at radius 3 is 2.43 bits per heavy atom. The van der Waals surface area contributed by atoms with Gasteiger partial charge in [-0.1, -0.05) is 49.2 Å². The zero-order valence-electron chi connectivity index (χ0n) is 35.5. The van der Waals surface area contributed by atoms with Crippen LogP contribution in [0, 0.1) is 18.3 Å². The molecule has 322 valence electrons. The number of aliphatic hydroxyl groups is 1. The number of fused-ring (bicyclic) bond motifs is 1. The Morgan fingerprint density at radius 2 is 1.69 bits per heavy atom. The van der Waals surface area contributed by atoms with E-state index in [2.05, 4.69) is 50.7 Å². The number of H-pyrrole nitrogens is 1. The van der Waals surface area contributed by atoms with Crippen molar-refractivity contribution in [3.05, 3.63) is 112 Å². The van der Waals surface area contributed by atoms with E-state index in [-0.39, 0.29) is 21.6 Å². The van der Waals surface area contributed by atoms with Crippen molar-refractivity contribution in [1.29, 1.82) is 0 Å². The second-order valence-electron chi connectivity index (χ2n) is 18.2. The molecule has 2 aliphatic carbocycles. The van der Waals surface area contributed by atoms with E-state index in [9.17, 15) is 18.3 Å². The average Bonchev–Trinajstić information content (AvgIpc) is 3.72. The van der Waals surface area contributed by atoms with Gasteiger partial charge in [-0.25, -0.2) is 13.1 Å². The molecule has 1 aromatic heterocycles. The number of aromatic nitrogens is 2. The summed E-state index contributed by atoms with van der Waals surface area (Å²) in [4.78, 5) is 18.7. The number of amides is 1. The summed E-state index contributed by atoms with van der Waals surface area (Å²) in [6, 6.07) is 23.7. The highest BCUT2D eigenvalue weighted by molar-refractivity contribution is 7.90. The van der Waals surface area contributed by atoms with Gasteiger partial charge < -0.3 is 19.5 Å². The Labute approximate surface area is 364 Å². The number of aryl methyl sites for hydroxylation is 1. The summed E-state index contributed by atoms with van der Waals surface area (Å²) in [5.74, 6) is 0.809. The summed E-state index contributed by atoms with van der Waals surface area (Å²) in [6.45, 7) is 13.0. The molecule has 0 radical (unpaired) electrons. The van der Waals surface area contributed by atoms with Gasteiger partial charge in [0.05, 0.1) is 39.8 Å². The first-order chi connectivity index (χ1) is 29.1. The lowest BCUT2D eigenvalue weighted by Gasteiger charge is -2.39. The van der Waals surface area contributed by atoms with E-state index in [4.69, 9.17) is 21.1 Å². The average molecular weight is 867 g/mol. The number of aromatic amines is 1. The molecule has 1 saturated heterocycles. The highest BCUT2D eigenvalue weighted by Gasteiger charge is 2.31. The van der Waals surface area contributed by atoms with Gasteiger partial charge in [-0.05, 0) is 141 Å². The molecule has 13 heteroatoms. The Hall–Kier alpha value is -4.88. The van der Waals surface area contributed by atoms with Crippen LogP contribution in [0.1, 0.15) is 87.2 Å². The van der Waals surface area contributed by atoms with Crippen LogP contribution in [-0.4, -0.2) is 79.5 Å². The fourth-order valence-corrected chi connectivity index (χ4v) is 10.1. The van der Waals surface area contributed by atoms with Crippen LogP contribution >= 0.6 is 11.6 Å². The lowest BCUT2D eigenvalue weighted by molar-refractivity contribution is 0.00148. The SMILES string of the molecule is Cc1cc(S(=O)(=O)NC(=O)c2ccc(N3CCN(CC4=C(c5ccc(Cl)cc5)CC(C)(C)CC4)CC3)cc2Oc2cccc3[nH]ncc23)ccc1OC[C@H]1CC[C@](C)(O)CC1. The van der Waals surface area contributed by atoms with Gasteiger partial charge in [0.25, 0.3) is 15.9 Å². The fourth-order valence-electron chi connectivity index (χ4n) is 8.89. The van der Waals surface area contributed by atoms with Crippen molar-refractivity contribution in [3.63, 3.8) is 0 Å². The van der Waals surface area contributed by atoms with Gasteiger partial charge in [-0.15, -0.1) is 0 Å². The maximum atomic E-state index is 14.0. The number of hydrogen-bond acceptors (Lipinski definition) is 9. The van der Waals surface area contributed by atoms with Crippen molar-refractivity contribution in [2.45, 2.75) is 83.1 Å². The molecule has 1 amide bonds. The first kappa shape index (κ1) is 42.8. The van der Waals surface area contributed by atoms with Crippen LogP contribution in [0.5, 0.6) is 17.2 Å². The lowest BCUT2D eigenvalue weighted by atomic mass is 9.72. The monoisotopic (exact) mass is 865 g/mol. The summed E-state index contributed by atoms with van der Waals surface area (Å²) < 4.78 is 42.3. The molecular formula is C48H56ClN5O6S. The number of ether oxygens (including phenoxy) is 2. The normalized spacial score (nSPS) is 21.1. The van der Waals surface area contributed by atoms with Crippen LogP contribution in [0.25, 0.3) is 16.5 Å². The number of benzene rings is 4. The second-order valence-corrected chi connectivity index (χ2v) is 20.3. The molecule has 5 aromatic rings. The quantitative estimate of drug-likeness (QED) is 0.112. The molecule has 2 fully saturated rings. The number of carbonyl (C=O) groups excluding carboxylic acids is 1. The third-order valence-electron chi connectivity index (χ3n) is 12.7. The number of allylic oxidation sites excluding steroid dienone is 1. The van der Waals surface area contributed by atoms with E-state index in [1.165, 1.54) is 28.8 Å². The van der Waals surface area contributed by atoms with Gasteiger partial charge in [0.2, 0.25) is 0 Å². The first-order valence-corrected chi connectivity index (χ1v) is 23.2. The molecule has 2 heterocycles. The van der Waals surface area contributed by atoms with E-state index < -0.39 is 21.5 Å². The molecule has 0 bridgehead atoms. The number of sulfonamides is 1. The number of nitrogens with zero attached hydrogens (tertiary/aromatic N) is 3. The van der Waals surface area contributed by atoms with E-state index in [1.54, 1.807) is 31.3 Å². The number of carbonyl (C=O) groups is 1. The molecule has 0 atom stereocenters. The summed E-state index contributed by atoms with van der Waals surface area (Å²) in [5, 5.41) is 18.9. The standard InChI is InChI=1S/C48H56ClN5O6S/c1-32-26-38(13-15-43(32)59-31-33-16-20-48(4,56)21-17-33)61(57,58)52-46(55)39-14-12-37(27-45(39)60-44-7-5-6-42-41(44)29-50-51-42)54-24-22-53(23-25-54)30-35-18-19-47(2,3)28-40(35)34-8-10-36(49)11-9-34/h5-15,26-27,29,33,56H,16-25,28,30-31H2,1-4H3,(H,50,51)(H,52,55)/t33-,48-. The first-order valence-electron chi connectivity index (χ1n) is 21.3. The molecule has 11 nitrogen and oxygen atoms in total.